The van der Waals surface area contributed by atoms with Gasteiger partial charge in [0.1, 0.15) is 0 Å². The number of hydrogen-bond acceptors (Lipinski definition) is 4. The molecule has 0 aliphatic heterocycles. The van der Waals surface area contributed by atoms with Crippen molar-refractivity contribution < 1.29 is 19.7 Å². The molecule has 5 nitrogen and oxygen atoms in total. The molecule has 0 spiro atoms. The first kappa shape index (κ1) is 14.9. The Morgan fingerprint density at radius 1 is 1.56 bits per heavy atom. The van der Waals surface area contributed by atoms with Crippen molar-refractivity contribution in [3.8, 4) is 12.3 Å². The Labute approximate surface area is 96.0 Å². The number of aliphatic carboxylic acids is 1. The van der Waals surface area contributed by atoms with Gasteiger partial charge in [0.2, 0.25) is 0 Å². The van der Waals surface area contributed by atoms with E-state index in [9.17, 15) is 9.90 Å². The molecule has 92 valence electrons. The van der Waals surface area contributed by atoms with Gasteiger partial charge in [0.05, 0.1) is 31.9 Å². The van der Waals surface area contributed by atoms with Gasteiger partial charge in [-0.2, -0.15) is 0 Å². The Morgan fingerprint density at radius 3 is 2.62 bits per heavy atom. The lowest BCUT2D eigenvalue weighted by atomic mass is 10.3. The molecule has 16 heavy (non-hydrogen) atoms. The first-order valence-corrected chi connectivity index (χ1v) is 5.13. The third kappa shape index (κ3) is 8.24. The fraction of sp³-hybridized carbons (Fsp3) is 0.727. The van der Waals surface area contributed by atoms with Crippen molar-refractivity contribution in [3.63, 3.8) is 0 Å². The van der Waals surface area contributed by atoms with Crippen molar-refractivity contribution in [2.45, 2.75) is 26.1 Å². The Balaban J connectivity index is 3.97. The standard InChI is InChI=1S/C11H19NO4/c1-4-5-12(7-11(14)15)6-10(13)8-16-9(2)3/h1,9-10,13H,5-8H2,2-3H3,(H,14,15). The van der Waals surface area contributed by atoms with Gasteiger partial charge in [-0.1, -0.05) is 5.92 Å². The number of carbonyl (C=O) groups is 1. The van der Waals surface area contributed by atoms with Gasteiger partial charge >= 0.3 is 5.97 Å². The maximum atomic E-state index is 10.5. The summed E-state index contributed by atoms with van der Waals surface area (Å²) in [7, 11) is 0. The number of hydrogen-bond donors (Lipinski definition) is 2. The molecule has 0 fully saturated rings. The number of ether oxygens (including phenoxy) is 1. The lowest BCUT2D eigenvalue weighted by Gasteiger charge is -2.21. The molecule has 2 N–H and O–H groups in total. The Hall–Kier alpha value is -1.09. The van der Waals surface area contributed by atoms with Crippen LogP contribution in [0.2, 0.25) is 0 Å². The average molecular weight is 229 g/mol. The fourth-order valence-electron chi connectivity index (χ4n) is 1.16. The third-order valence-electron chi connectivity index (χ3n) is 1.76. The highest BCUT2D eigenvalue weighted by atomic mass is 16.5. The molecule has 5 heteroatoms. The minimum atomic E-state index is -0.966. The predicted molar refractivity (Wildman–Crippen MR) is 60.0 cm³/mol. The maximum Gasteiger partial charge on any atom is 0.317 e. The summed E-state index contributed by atoms with van der Waals surface area (Å²) in [6.07, 6.45) is 4.42. The molecule has 0 aliphatic rings. The quantitative estimate of drug-likeness (QED) is 0.564. The molecule has 0 aromatic carbocycles. The van der Waals surface area contributed by atoms with Gasteiger partial charge < -0.3 is 14.9 Å². The van der Waals surface area contributed by atoms with E-state index in [1.54, 1.807) is 0 Å². The molecule has 0 aromatic heterocycles. The van der Waals surface area contributed by atoms with Crippen LogP contribution in [0, 0.1) is 12.3 Å². The van der Waals surface area contributed by atoms with Crippen molar-refractivity contribution in [1.82, 2.24) is 4.90 Å². The highest BCUT2D eigenvalue weighted by molar-refractivity contribution is 5.69. The van der Waals surface area contributed by atoms with E-state index >= 15 is 0 Å². The number of rotatable bonds is 8. The van der Waals surface area contributed by atoms with Gasteiger partial charge in [0.25, 0.3) is 0 Å². The van der Waals surface area contributed by atoms with Crippen LogP contribution < -0.4 is 0 Å². The van der Waals surface area contributed by atoms with Crippen molar-refractivity contribution in [3.05, 3.63) is 0 Å². The fourth-order valence-corrected chi connectivity index (χ4v) is 1.16. The van der Waals surface area contributed by atoms with Crippen LogP contribution in [0.4, 0.5) is 0 Å². The van der Waals surface area contributed by atoms with Gasteiger partial charge in [0.15, 0.2) is 0 Å². The van der Waals surface area contributed by atoms with Crippen LogP contribution in [0.3, 0.4) is 0 Å². The second kappa shape index (κ2) is 8.11. The summed E-state index contributed by atoms with van der Waals surface area (Å²) in [5.74, 6) is 1.39. The summed E-state index contributed by atoms with van der Waals surface area (Å²) >= 11 is 0. The van der Waals surface area contributed by atoms with E-state index in [1.807, 2.05) is 13.8 Å². The number of aliphatic hydroxyl groups excluding tert-OH is 1. The van der Waals surface area contributed by atoms with Gasteiger partial charge in [-0.25, -0.2) is 0 Å². The lowest BCUT2D eigenvalue weighted by molar-refractivity contribution is -0.138. The van der Waals surface area contributed by atoms with Crippen LogP contribution in [-0.2, 0) is 9.53 Å². The molecular formula is C11H19NO4. The predicted octanol–water partition coefficient (Wildman–Crippen LogP) is -0.208. The van der Waals surface area contributed by atoms with E-state index in [0.29, 0.717) is 0 Å². The lowest BCUT2D eigenvalue weighted by Crippen LogP contribution is -2.38. The number of aliphatic hydroxyl groups is 1. The normalized spacial score (nSPS) is 12.8. The average Bonchev–Trinajstić information content (AvgIpc) is 2.14. The zero-order chi connectivity index (χ0) is 12.6. The number of carboxylic acids is 1. The maximum absolute atomic E-state index is 10.5. The van der Waals surface area contributed by atoms with Crippen molar-refractivity contribution in [2.24, 2.45) is 0 Å². The first-order chi connectivity index (χ1) is 7.45. The van der Waals surface area contributed by atoms with Crippen LogP contribution >= 0.6 is 0 Å². The zero-order valence-corrected chi connectivity index (χ0v) is 9.72. The van der Waals surface area contributed by atoms with Crippen LogP contribution in [0.1, 0.15) is 13.8 Å². The van der Waals surface area contributed by atoms with E-state index in [1.165, 1.54) is 4.90 Å². The molecule has 1 atom stereocenters. The summed E-state index contributed by atoms with van der Waals surface area (Å²) in [4.78, 5) is 12.0. The van der Waals surface area contributed by atoms with E-state index < -0.39 is 12.1 Å². The molecule has 0 aliphatic carbocycles. The monoisotopic (exact) mass is 229 g/mol. The molecule has 0 saturated carbocycles. The molecule has 0 heterocycles. The highest BCUT2D eigenvalue weighted by Gasteiger charge is 2.14. The van der Waals surface area contributed by atoms with E-state index in [0.717, 1.165) is 0 Å². The second-order valence-corrected chi connectivity index (χ2v) is 3.80. The van der Waals surface area contributed by atoms with Gasteiger partial charge in [-0.05, 0) is 13.8 Å². The molecule has 0 amide bonds. The Morgan fingerprint density at radius 2 is 2.19 bits per heavy atom. The molecule has 1 unspecified atom stereocenters. The zero-order valence-electron chi connectivity index (χ0n) is 9.72. The molecule has 0 bridgehead atoms. The second-order valence-electron chi connectivity index (χ2n) is 3.80. The molecule has 0 radical (unpaired) electrons. The van der Waals surface area contributed by atoms with Crippen LogP contribution in [0.5, 0.6) is 0 Å². The number of nitrogens with zero attached hydrogens (tertiary/aromatic N) is 1. The van der Waals surface area contributed by atoms with E-state index in [2.05, 4.69) is 5.92 Å². The minimum Gasteiger partial charge on any atom is -0.480 e. The van der Waals surface area contributed by atoms with Gasteiger partial charge in [0, 0.05) is 6.54 Å². The highest BCUT2D eigenvalue weighted by Crippen LogP contribution is 1.96. The van der Waals surface area contributed by atoms with E-state index in [4.69, 9.17) is 16.3 Å². The van der Waals surface area contributed by atoms with Crippen LogP contribution in [0.15, 0.2) is 0 Å². The number of terminal acetylenes is 1. The van der Waals surface area contributed by atoms with Crippen LogP contribution in [0.25, 0.3) is 0 Å². The number of carboxylic acid groups (broad SMARTS) is 1. The molecular weight excluding hydrogens is 210 g/mol. The summed E-state index contributed by atoms with van der Waals surface area (Å²) in [5.41, 5.74) is 0. The summed E-state index contributed by atoms with van der Waals surface area (Å²) in [6, 6.07) is 0. The Bertz CT molecular complexity index is 247. The summed E-state index contributed by atoms with van der Waals surface area (Å²) in [5, 5.41) is 18.2. The summed E-state index contributed by atoms with van der Waals surface area (Å²) in [6.45, 7) is 4.13. The molecule has 0 aromatic rings. The van der Waals surface area contributed by atoms with E-state index in [-0.39, 0.29) is 32.3 Å². The Kier molecular flexibility index (Phi) is 7.56. The summed E-state index contributed by atoms with van der Waals surface area (Å²) < 4.78 is 5.21. The molecule has 0 saturated heterocycles. The van der Waals surface area contributed by atoms with Crippen molar-refractivity contribution in [1.29, 1.82) is 0 Å². The largest absolute Gasteiger partial charge is 0.480 e. The van der Waals surface area contributed by atoms with Gasteiger partial charge in [-0.3, -0.25) is 9.69 Å². The molecule has 0 rings (SSSR count). The smallest absolute Gasteiger partial charge is 0.317 e. The van der Waals surface area contributed by atoms with Crippen molar-refractivity contribution >= 4 is 5.97 Å². The minimum absolute atomic E-state index is 0.0372. The topological polar surface area (TPSA) is 70.0 Å². The third-order valence-corrected chi connectivity index (χ3v) is 1.76. The van der Waals surface area contributed by atoms with Crippen molar-refractivity contribution in [2.75, 3.05) is 26.2 Å². The van der Waals surface area contributed by atoms with Gasteiger partial charge in [-0.15, -0.1) is 6.42 Å². The SMILES string of the molecule is C#CCN(CC(=O)O)CC(O)COC(C)C. The first-order valence-electron chi connectivity index (χ1n) is 5.13. The van der Waals surface area contributed by atoms with Crippen LogP contribution in [-0.4, -0.2) is 59.5 Å².